The monoisotopic (exact) mass is 321 g/mol. The molecule has 0 radical (unpaired) electrons. The molecule has 1 aromatic carbocycles. The Balaban J connectivity index is 2.06. The summed E-state index contributed by atoms with van der Waals surface area (Å²) < 4.78 is 5.27. The van der Waals surface area contributed by atoms with Crippen LogP contribution in [0.15, 0.2) is 24.3 Å². The van der Waals surface area contributed by atoms with E-state index in [1.165, 1.54) is 0 Å². The van der Waals surface area contributed by atoms with Crippen molar-refractivity contribution in [1.82, 2.24) is 10.2 Å². The summed E-state index contributed by atoms with van der Waals surface area (Å²) in [6.07, 6.45) is 0. The second kappa shape index (κ2) is 7.94. The van der Waals surface area contributed by atoms with Gasteiger partial charge in [-0.25, -0.2) is 4.79 Å². The Labute approximate surface area is 135 Å². The van der Waals surface area contributed by atoms with Gasteiger partial charge in [0.1, 0.15) is 6.04 Å². The van der Waals surface area contributed by atoms with Gasteiger partial charge in [0.05, 0.1) is 13.2 Å². The van der Waals surface area contributed by atoms with Gasteiger partial charge in [0, 0.05) is 24.8 Å². The number of morpholine rings is 1. The molecule has 126 valence electrons. The van der Waals surface area contributed by atoms with Gasteiger partial charge in [-0.2, -0.15) is 0 Å². The Hall–Kier alpha value is -2.12. The summed E-state index contributed by atoms with van der Waals surface area (Å²) in [6.45, 7) is 6.02. The van der Waals surface area contributed by atoms with Crippen LogP contribution in [0.1, 0.15) is 25.5 Å². The van der Waals surface area contributed by atoms with Crippen molar-refractivity contribution in [3.05, 3.63) is 29.8 Å². The molecule has 1 saturated heterocycles. The van der Waals surface area contributed by atoms with E-state index >= 15 is 0 Å². The van der Waals surface area contributed by atoms with Crippen molar-refractivity contribution in [3.63, 3.8) is 0 Å². The third-order valence-corrected chi connectivity index (χ3v) is 3.55. The van der Waals surface area contributed by atoms with Crippen molar-refractivity contribution in [2.75, 3.05) is 31.6 Å². The summed E-state index contributed by atoms with van der Waals surface area (Å²) >= 11 is 0. The topological polar surface area (TPSA) is 90.9 Å². The summed E-state index contributed by atoms with van der Waals surface area (Å²) in [6, 6.07) is 5.97. The van der Waals surface area contributed by atoms with E-state index < -0.39 is 12.0 Å². The number of carboxylic acids is 1. The molecule has 1 unspecified atom stereocenters. The maximum Gasteiger partial charge on any atom is 0.325 e. The van der Waals surface area contributed by atoms with Crippen LogP contribution in [0, 0.1) is 0 Å². The normalized spacial score (nSPS) is 16.8. The van der Waals surface area contributed by atoms with Crippen molar-refractivity contribution in [1.29, 1.82) is 0 Å². The van der Waals surface area contributed by atoms with Crippen LogP contribution in [0.2, 0.25) is 0 Å². The molecule has 1 fully saturated rings. The molecule has 1 aliphatic heterocycles. The fraction of sp³-hybridized carbons (Fsp3) is 0.500. The molecule has 0 aliphatic carbocycles. The molecule has 0 aromatic heterocycles. The Morgan fingerprint density at radius 2 is 1.78 bits per heavy atom. The molecule has 1 atom stereocenters. The van der Waals surface area contributed by atoms with Crippen molar-refractivity contribution in [3.8, 4) is 0 Å². The first-order valence-corrected chi connectivity index (χ1v) is 7.69. The largest absolute Gasteiger partial charge is 0.480 e. The smallest absolute Gasteiger partial charge is 0.325 e. The minimum absolute atomic E-state index is 0.0481. The lowest BCUT2D eigenvalue weighted by Crippen LogP contribution is -2.42. The minimum atomic E-state index is -0.884. The number of nitrogens with one attached hydrogen (secondary N) is 2. The predicted molar refractivity (Wildman–Crippen MR) is 86.5 cm³/mol. The second-order valence-electron chi connectivity index (χ2n) is 5.76. The van der Waals surface area contributed by atoms with Crippen molar-refractivity contribution >= 4 is 17.7 Å². The highest BCUT2D eigenvalue weighted by atomic mass is 16.5. The van der Waals surface area contributed by atoms with Gasteiger partial charge in [0.15, 0.2) is 0 Å². The zero-order valence-corrected chi connectivity index (χ0v) is 13.4. The average Bonchev–Trinajstić information content (AvgIpc) is 2.49. The molecular weight excluding hydrogens is 298 g/mol. The number of nitrogens with zero attached hydrogens (tertiary/aromatic N) is 1. The van der Waals surface area contributed by atoms with Crippen LogP contribution in [-0.4, -0.2) is 54.4 Å². The molecule has 0 spiro atoms. The van der Waals surface area contributed by atoms with Gasteiger partial charge in [-0.05, 0) is 31.5 Å². The first-order chi connectivity index (χ1) is 11.0. The fourth-order valence-electron chi connectivity index (χ4n) is 2.52. The molecule has 1 aliphatic rings. The van der Waals surface area contributed by atoms with E-state index in [0.717, 1.165) is 0 Å². The van der Waals surface area contributed by atoms with Crippen LogP contribution in [0.3, 0.4) is 0 Å². The molecule has 23 heavy (non-hydrogen) atoms. The third-order valence-electron chi connectivity index (χ3n) is 3.55. The Morgan fingerprint density at radius 1 is 1.17 bits per heavy atom. The third kappa shape index (κ3) is 4.94. The SMILES string of the molecule is CC(C)NC(=O)Nc1ccc(C(C(=O)O)N2CCOCC2)cc1. The molecule has 1 aromatic rings. The van der Waals surface area contributed by atoms with Gasteiger partial charge in [0.2, 0.25) is 0 Å². The zero-order chi connectivity index (χ0) is 16.8. The molecule has 2 rings (SSSR count). The number of carbonyl (C=O) groups is 2. The first kappa shape index (κ1) is 17.2. The lowest BCUT2D eigenvalue weighted by molar-refractivity contribution is -0.145. The number of amides is 2. The van der Waals surface area contributed by atoms with E-state index in [2.05, 4.69) is 10.6 Å². The molecule has 2 amide bonds. The van der Waals surface area contributed by atoms with Crippen molar-refractivity contribution in [2.24, 2.45) is 0 Å². The van der Waals surface area contributed by atoms with E-state index in [0.29, 0.717) is 37.6 Å². The van der Waals surface area contributed by atoms with Crippen LogP contribution in [0.25, 0.3) is 0 Å². The Kier molecular flexibility index (Phi) is 5.95. The molecule has 7 nitrogen and oxygen atoms in total. The van der Waals surface area contributed by atoms with E-state index in [9.17, 15) is 14.7 Å². The lowest BCUT2D eigenvalue weighted by atomic mass is 10.0. The number of ether oxygens (including phenoxy) is 1. The summed E-state index contributed by atoms with van der Waals surface area (Å²) in [5.74, 6) is -0.884. The zero-order valence-electron chi connectivity index (χ0n) is 13.4. The maximum atomic E-state index is 11.7. The van der Waals surface area contributed by atoms with E-state index in [4.69, 9.17) is 4.74 Å². The van der Waals surface area contributed by atoms with Crippen LogP contribution in [0.4, 0.5) is 10.5 Å². The number of hydrogen-bond donors (Lipinski definition) is 3. The number of carboxylic acid groups (broad SMARTS) is 1. The average molecular weight is 321 g/mol. The maximum absolute atomic E-state index is 11.7. The summed E-state index contributed by atoms with van der Waals surface area (Å²) in [4.78, 5) is 25.2. The number of benzene rings is 1. The Bertz CT molecular complexity index is 539. The van der Waals surface area contributed by atoms with Crippen LogP contribution < -0.4 is 10.6 Å². The molecule has 7 heteroatoms. The van der Waals surface area contributed by atoms with E-state index in [-0.39, 0.29) is 12.1 Å². The molecule has 0 bridgehead atoms. The standard InChI is InChI=1S/C16H23N3O4/c1-11(2)17-16(22)18-13-5-3-12(4-6-13)14(15(20)21)19-7-9-23-10-8-19/h3-6,11,14H,7-10H2,1-2H3,(H,20,21)(H2,17,18,22). The summed E-state index contributed by atoms with van der Waals surface area (Å²) in [5, 5.41) is 15.0. The van der Waals surface area contributed by atoms with Gasteiger partial charge < -0.3 is 20.5 Å². The fourth-order valence-corrected chi connectivity index (χ4v) is 2.52. The number of hydrogen-bond acceptors (Lipinski definition) is 4. The highest BCUT2D eigenvalue weighted by molar-refractivity contribution is 5.89. The van der Waals surface area contributed by atoms with Crippen LogP contribution >= 0.6 is 0 Å². The first-order valence-electron chi connectivity index (χ1n) is 7.69. The van der Waals surface area contributed by atoms with Crippen LogP contribution in [-0.2, 0) is 9.53 Å². The molecule has 0 saturated carbocycles. The number of anilines is 1. The molecular formula is C16H23N3O4. The van der Waals surface area contributed by atoms with Crippen LogP contribution in [0.5, 0.6) is 0 Å². The van der Waals surface area contributed by atoms with Gasteiger partial charge in [-0.15, -0.1) is 0 Å². The summed E-state index contributed by atoms with van der Waals surface area (Å²) in [7, 11) is 0. The Morgan fingerprint density at radius 3 is 2.30 bits per heavy atom. The highest BCUT2D eigenvalue weighted by Gasteiger charge is 2.28. The number of urea groups is 1. The van der Waals surface area contributed by atoms with Gasteiger partial charge in [-0.3, -0.25) is 9.69 Å². The second-order valence-corrected chi connectivity index (χ2v) is 5.76. The van der Waals surface area contributed by atoms with Gasteiger partial charge in [-0.1, -0.05) is 12.1 Å². The van der Waals surface area contributed by atoms with Gasteiger partial charge in [0.25, 0.3) is 0 Å². The van der Waals surface area contributed by atoms with Gasteiger partial charge >= 0.3 is 12.0 Å². The summed E-state index contributed by atoms with van der Waals surface area (Å²) in [5.41, 5.74) is 1.31. The molecule has 1 heterocycles. The molecule has 3 N–H and O–H groups in total. The van der Waals surface area contributed by atoms with E-state index in [1.807, 2.05) is 18.7 Å². The number of rotatable bonds is 5. The lowest BCUT2D eigenvalue weighted by Gasteiger charge is -2.32. The predicted octanol–water partition coefficient (Wildman–Crippen LogP) is 1.67. The number of carbonyl (C=O) groups excluding carboxylic acids is 1. The number of aliphatic carboxylic acids is 1. The quantitative estimate of drug-likeness (QED) is 0.767. The van der Waals surface area contributed by atoms with E-state index in [1.54, 1.807) is 24.3 Å². The van der Waals surface area contributed by atoms with Crippen molar-refractivity contribution in [2.45, 2.75) is 25.9 Å². The highest BCUT2D eigenvalue weighted by Crippen LogP contribution is 2.23. The van der Waals surface area contributed by atoms with Crippen molar-refractivity contribution < 1.29 is 19.4 Å². The minimum Gasteiger partial charge on any atom is -0.480 e.